The van der Waals surface area contributed by atoms with E-state index in [9.17, 15) is 15.0 Å². The maximum absolute atomic E-state index is 11.9. The van der Waals surface area contributed by atoms with Gasteiger partial charge in [-0.3, -0.25) is 10.2 Å². The molecule has 146 valence electrons. The summed E-state index contributed by atoms with van der Waals surface area (Å²) >= 11 is 5.97. The monoisotopic (exact) mass is 416 g/mol. The second kappa shape index (κ2) is 7.99. The number of aryl methyl sites for hydroxylation is 2. The van der Waals surface area contributed by atoms with E-state index in [2.05, 4.69) is 10.5 Å². The van der Waals surface area contributed by atoms with Crippen molar-refractivity contribution in [3.8, 4) is 11.5 Å². The number of hydrogen-bond acceptors (Lipinski definition) is 6. The number of nitrogens with zero attached hydrogens (tertiary/aromatic N) is 3. The van der Waals surface area contributed by atoms with Crippen molar-refractivity contribution < 1.29 is 10.2 Å². The van der Waals surface area contributed by atoms with Crippen LogP contribution in [0.2, 0.25) is 0 Å². The van der Waals surface area contributed by atoms with Crippen molar-refractivity contribution in [2.45, 2.75) is 13.3 Å². The van der Waals surface area contributed by atoms with E-state index in [0.717, 1.165) is 15.9 Å². The molecule has 0 fully saturated rings. The van der Waals surface area contributed by atoms with Crippen LogP contribution in [0, 0.1) is 0 Å². The number of phenols is 2. The first-order valence-corrected chi connectivity index (χ1v) is 9.81. The molecule has 28 heavy (non-hydrogen) atoms. The van der Waals surface area contributed by atoms with Gasteiger partial charge in [0, 0.05) is 25.8 Å². The van der Waals surface area contributed by atoms with Crippen LogP contribution in [0.15, 0.2) is 40.2 Å². The Hall–Kier alpha value is -2.91. The van der Waals surface area contributed by atoms with Crippen LogP contribution in [0.25, 0.3) is 10.2 Å². The van der Waals surface area contributed by atoms with E-state index in [1.807, 2.05) is 25.1 Å². The molecule has 3 aromatic rings. The normalized spacial score (nSPS) is 11.6. The maximum Gasteiger partial charge on any atom is 0.307 e. The van der Waals surface area contributed by atoms with Gasteiger partial charge in [0.1, 0.15) is 11.5 Å². The molecule has 1 heterocycles. The molecule has 3 N–H and O–H groups in total. The molecule has 1 aromatic heterocycles. The van der Waals surface area contributed by atoms with Gasteiger partial charge in [-0.25, -0.2) is 0 Å². The molecule has 0 atom stereocenters. The van der Waals surface area contributed by atoms with Gasteiger partial charge in [0.2, 0.25) is 0 Å². The first-order chi connectivity index (χ1) is 13.4. The molecule has 0 aliphatic carbocycles. The highest BCUT2D eigenvalue weighted by molar-refractivity contribution is 7.78. The largest absolute Gasteiger partial charge is 0.508 e. The Morgan fingerprint density at radius 1 is 1.32 bits per heavy atom. The summed E-state index contributed by atoms with van der Waals surface area (Å²) in [5.41, 5.74) is 6.67. The predicted octanol–water partition coefficient (Wildman–Crippen LogP) is 2.92. The van der Waals surface area contributed by atoms with E-state index < -0.39 is 0 Å². The summed E-state index contributed by atoms with van der Waals surface area (Å²) in [5.74, 6) is 0.344. The summed E-state index contributed by atoms with van der Waals surface area (Å²) in [6.07, 6.45) is 0.598. The van der Waals surface area contributed by atoms with Crippen LogP contribution in [0.4, 0.5) is 5.69 Å². The highest BCUT2D eigenvalue weighted by Gasteiger charge is 2.19. The molecule has 3 rings (SSSR count). The van der Waals surface area contributed by atoms with Gasteiger partial charge in [-0.2, -0.15) is 5.10 Å². The van der Waals surface area contributed by atoms with Gasteiger partial charge in [0.05, 0.1) is 21.3 Å². The zero-order valence-electron chi connectivity index (χ0n) is 15.6. The minimum Gasteiger partial charge on any atom is -0.508 e. The van der Waals surface area contributed by atoms with Crippen LogP contribution in [0.3, 0.4) is 0 Å². The summed E-state index contributed by atoms with van der Waals surface area (Å²) in [4.78, 5) is 13.7. The molecule has 0 radical (unpaired) electrons. The third-order valence-corrected chi connectivity index (χ3v) is 5.62. The van der Waals surface area contributed by atoms with Gasteiger partial charge in [-0.1, -0.05) is 30.5 Å². The summed E-state index contributed by atoms with van der Waals surface area (Å²) in [7, 11) is 3.54. The number of hydrogen-bond donors (Lipinski definition) is 3. The maximum atomic E-state index is 11.9. The molecule has 9 heteroatoms. The van der Waals surface area contributed by atoms with Gasteiger partial charge >= 0.3 is 4.87 Å². The minimum absolute atomic E-state index is 0.0315. The van der Waals surface area contributed by atoms with Crippen molar-refractivity contribution in [1.82, 2.24) is 9.99 Å². The topological polar surface area (TPSA) is 90.1 Å². The Morgan fingerprint density at radius 2 is 2.07 bits per heavy atom. The van der Waals surface area contributed by atoms with Crippen LogP contribution in [0.1, 0.15) is 18.1 Å². The lowest BCUT2D eigenvalue weighted by Gasteiger charge is -2.23. The van der Waals surface area contributed by atoms with Crippen molar-refractivity contribution in [3.05, 3.63) is 51.1 Å². The van der Waals surface area contributed by atoms with Crippen LogP contribution < -0.4 is 15.2 Å². The fourth-order valence-corrected chi connectivity index (χ4v) is 3.91. The number of thiazole rings is 1. The first kappa shape index (κ1) is 19.8. The quantitative estimate of drug-likeness (QED) is 0.256. The Kier molecular flexibility index (Phi) is 5.66. The number of fused-ring (bicyclic) bond motifs is 1. The summed E-state index contributed by atoms with van der Waals surface area (Å²) in [6, 6.07) is 8.65. The second-order valence-electron chi connectivity index (χ2n) is 6.17. The first-order valence-electron chi connectivity index (χ1n) is 8.52. The van der Waals surface area contributed by atoms with Crippen LogP contribution in [-0.4, -0.2) is 33.2 Å². The number of hydrazone groups is 1. The molecule has 7 nitrogen and oxygen atoms in total. The Bertz CT molecular complexity index is 1130. The summed E-state index contributed by atoms with van der Waals surface area (Å²) < 4.78 is 2.45. The van der Waals surface area contributed by atoms with Gasteiger partial charge in [0.15, 0.2) is 5.84 Å². The average Bonchev–Trinajstić information content (AvgIpc) is 2.96. The SMILES string of the molecule is CCc1cc(/C(=N/NC=S)N(C)c2ccc3c(c2)sc(=O)n3C)c(O)cc1O. The number of benzene rings is 2. The lowest BCUT2D eigenvalue weighted by Crippen LogP contribution is -2.29. The number of nitrogens with one attached hydrogen (secondary N) is 1. The molecule has 0 aliphatic heterocycles. The Morgan fingerprint density at radius 3 is 2.75 bits per heavy atom. The predicted molar refractivity (Wildman–Crippen MR) is 118 cm³/mol. The van der Waals surface area contributed by atoms with E-state index >= 15 is 0 Å². The fraction of sp³-hybridized carbons (Fsp3) is 0.211. The molecule has 0 aliphatic rings. The number of aromatic hydroxyl groups is 2. The average molecular weight is 417 g/mol. The number of amidine groups is 1. The number of rotatable bonds is 5. The highest BCUT2D eigenvalue weighted by atomic mass is 32.1. The van der Waals surface area contributed by atoms with Gasteiger partial charge in [-0.15, -0.1) is 0 Å². The van der Waals surface area contributed by atoms with Crippen molar-refractivity contribution in [2.24, 2.45) is 12.1 Å². The Labute approximate surface area is 171 Å². The summed E-state index contributed by atoms with van der Waals surface area (Å²) in [5, 5.41) is 24.7. The molecule has 0 amide bonds. The van der Waals surface area contributed by atoms with E-state index in [4.69, 9.17) is 12.2 Å². The van der Waals surface area contributed by atoms with Crippen molar-refractivity contribution >= 4 is 50.8 Å². The van der Waals surface area contributed by atoms with Crippen molar-refractivity contribution in [3.63, 3.8) is 0 Å². The molecule has 0 unspecified atom stereocenters. The lowest BCUT2D eigenvalue weighted by atomic mass is 10.0. The van der Waals surface area contributed by atoms with Crippen LogP contribution in [-0.2, 0) is 13.5 Å². The van der Waals surface area contributed by atoms with Crippen molar-refractivity contribution in [2.75, 3.05) is 11.9 Å². The van der Waals surface area contributed by atoms with Crippen molar-refractivity contribution in [1.29, 1.82) is 0 Å². The van der Waals surface area contributed by atoms with E-state index in [0.29, 0.717) is 23.4 Å². The smallest absolute Gasteiger partial charge is 0.307 e. The molecular weight excluding hydrogens is 396 g/mol. The van der Waals surface area contributed by atoms with Gasteiger partial charge in [-0.05, 0) is 36.2 Å². The van der Waals surface area contributed by atoms with Crippen LogP contribution in [0.5, 0.6) is 11.5 Å². The van der Waals surface area contributed by atoms with Gasteiger partial charge in [0.25, 0.3) is 0 Å². The van der Waals surface area contributed by atoms with E-state index in [-0.39, 0.29) is 16.4 Å². The zero-order chi connectivity index (χ0) is 20.4. The fourth-order valence-electron chi connectivity index (χ4n) is 2.94. The number of phenolic OH excluding ortho intramolecular Hbond substituents is 2. The lowest BCUT2D eigenvalue weighted by molar-refractivity contribution is 0.445. The highest BCUT2D eigenvalue weighted by Crippen LogP contribution is 2.31. The Balaban J connectivity index is 2.12. The molecular formula is C19H20N4O3S2. The molecule has 0 spiro atoms. The van der Waals surface area contributed by atoms with Gasteiger partial charge < -0.3 is 19.7 Å². The zero-order valence-corrected chi connectivity index (χ0v) is 17.3. The third kappa shape index (κ3) is 3.58. The van der Waals surface area contributed by atoms with E-state index in [1.54, 1.807) is 29.6 Å². The second-order valence-corrected chi connectivity index (χ2v) is 7.40. The molecule has 0 bridgehead atoms. The third-order valence-electron chi connectivity index (χ3n) is 4.52. The molecule has 0 saturated carbocycles. The number of aromatic nitrogens is 1. The van der Waals surface area contributed by atoms with E-state index in [1.165, 1.54) is 22.9 Å². The summed E-state index contributed by atoms with van der Waals surface area (Å²) in [6.45, 7) is 1.91. The number of thiocarbonyl (C=S) groups is 1. The van der Waals surface area contributed by atoms with Crippen LogP contribution >= 0.6 is 23.6 Å². The molecule has 0 saturated heterocycles. The molecule has 2 aromatic carbocycles. The number of anilines is 1. The minimum atomic E-state index is -0.100. The standard InChI is InChI=1S/C19H20N4O3S2/c1-4-11-7-13(16(25)9-15(11)24)18(21-20-10-27)22(2)12-5-6-14-17(8-12)28-19(26)23(14)3/h5-10,24-25H,4H2,1-3H3,(H,20,27)/b21-18-.